The molecule has 7 nitrogen and oxygen atoms in total. The first kappa shape index (κ1) is 24.7. The maximum Gasteiger partial charge on any atom is 0.326 e. The summed E-state index contributed by atoms with van der Waals surface area (Å²) < 4.78 is 0. The van der Waals surface area contributed by atoms with Crippen molar-refractivity contribution in [3.63, 3.8) is 0 Å². The van der Waals surface area contributed by atoms with E-state index in [9.17, 15) is 24.6 Å². The average molecular weight is 461 g/mol. The molecule has 0 bridgehead atoms. The van der Waals surface area contributed by atoms with Crippen LogP contribution in [-0.2, 0) is 16.0 Å². The van der Waals surface area contributed by atoms with Crippen LogP contribution in [0.5, 0.6) is 0 Å². The summed E-state index contributed by atoms with van der Waals surface area (Å²) >= 11 is 0. The lowest BCUT2D eigenvalue weighted by Gasteiger charge is -2.25. The third kappa shape index (κ3) is 7.02. The number of carboxylic acids is 1. The fourth-order valence-electron chi connectivity index (χ4n) is 3.64. The Labute approximate surface area is 198 Å². The number of aryl methyl sites for hydroxylation is 1. The number of carboxylic acid groups (broad SMARTS) is 1. The molecule has 0 heterocycles. The number of aliphatic hydroxyl groups is 1. The summed E-state index contributed by atoms with van der Waals surface area (Å²) in [6, 6.07) is 24.5. The Balaban J connectivity index is 1.68. The highest BCUT2D eigenvalue weighted by atomic mass is 16.4. The van der Waals surface area contributed by atoms with Crippen molar-refractivity contribution in [1.29, 1.82) is 0 Å². The van der Waals surface area contributed by atoms with Crippen LogP contribution in [0, 0.1) is 0 Å². The summed E-state index contributed by atoms with van der Waals surface area (Å²) in [4.78, 5) is 37.3. The summed E-state index contributed by atoms with van der Waals surface area (Å²) in [5.74, 6) is -2.51. The molecule has 0 spiro atoms. The van der Waals surface area contributed by atoms with E-state index in [2.05, 4.69) is 10.6 Å². The number of aliphatic carboxylic acids is 1. The minimum Gasteiger partial charge on any atom is -0.480 e. The van der Waals surface area contributed by atoms with Crippen molar-refractivity contribution < 1.29 is 24.6 Å². The minimum atomic E-state index is -1.69. The molecule has 0 fully saturated rings. The molecular weight excluding hydrogens is 432 g/mol. The molecule has 3 aromatic rings. The van der Waals surface area contributed by atoms with Gasteiger partial charge in [-0.05, 0) is 42.5 Å². The molecule has 4 N–H and O–H groups in total. The van der Waals surface area contributed by atoms with E-state index < -0.39 is 36.0 Å². The van der Waals surface area contributed by atoms with Gasteiger partial charge in [0.25, 0.3) is 11.8 Å². The zero-order chi connectivity index (χ0) is 24.3. The SMILES string of the molecule is O=C(N[C@@H](c1ccccc1)[C@@H](O)C(=O)N[C@H](CCCc1ccccc1)C(=O)O)c1ccccc1. The number of hydrogen-bond acceptors (Lipinski definition) is 4. The van der Waals surface area contributed by atoms with Crippen LogP contribution in [0.2, 0.25) is 0 Å². The van der Waals surface area contributed by atoms with Crippen LogP contribution in [0.4, 0.5) is 0 Å². The standard InChI is InChI=1S/C27H28N2O5/c30-24(26(32)28-22(27(33)34)18-10-13-19-11-4-1-5-12-19)23(20-14-6-2-7-15-20)29-25(31)21-16-8-3-9-17-21/h1-9,11-12,14-17,22-24,30H,10,13,18H2,(H,28,32)(H,29,31)(H,33,34)/t22-,23+,24-/m1/s1. The highest BCUT2D eigenvalue weighted by Crippen LogP contribution is 2.19. The van der Waals surface area contributed by atoms with Gasteiger partial charge in [-0.3, -0.25) is 9.59 Å². The van der Waals surface area contributed by atoms with Gasteiger partial charge >= 0.3 is 5.97 Å². The monoisotopic (exact) mass is 460 g/mol. The lowest BCUT2D eigenvalue weighted by atomic mass is 9.99. The number of carbonyl (C=O) groups excluding carboxylic acids is 2. The average Bonchev–Trinajstić information content (AvgIpc) is 2.87. The molecular formula is C27H28N2O5. The van der Waals surface area contributed by atoms with Gasteiger partial charge in [-0.2, -0.15) is 0 Å². The summed E-state index contributed by atoms with van der Waals surface area (Å²) in [5, 5.41) is 25.6. The van der Waals surface area contributed by atoms with Crippen molar-refractivity contribution >= 4 is 17.8 Å². The Morgan fingerprint density at radius 1 is 0.765 bits per heavy atom. The van der Waals surface area contributed by atoms with Crippen molar-refractivity contribution in [3.8, 4) is 0 Å². The van der Waals surface area contributed by atoms with Crippen molar-refractivity contribution in [2.75, 3.05) is 0 Å². The second kappa shape index (κ2) is 12.3. The van der Waals surface area contributed by atoms with E-state index in [1.807, 2.05) is 30.3 Å². The van der Waals surface area contributed by atoms with Gasteiger partial charge in [0.1, 0.15) is 6.04 Å². The first-order chi connectivity index (χ1) is 16.5. The van der Waals surface area contributed by atoms with Crippen molar-refractivity contribution in [3.05, 3.63) is 108 Å². The first-order valence-corrected chi connectivity index (χ1v) is 11.1. The third-order valence-corrected chi connectivity index (χ3v) is 5.48. The first-order valence-electron chi connectivity index (χ1n) is 11.1. The number of benzene rings is 3. The Morgan fingerprint density at radius 2 is 1.32 bits per heavy atom. The zero-order valence-corrected chi connectivity index (χ0v) is 18.6. The van der Waals surface area contributed by atoms with Crippen LogP contribution < -0.4 is 10.6 Å². The molecule has 0 aliphatic rings. The summed E-state index contributed by atoms with van der Waals surface area (Å²) in [6.07, 6.45) is -0.270. The topological polar surface area (TPSA) is 116 Å². The summed E-state index contributed by atoms with van der Waals surface area (Å²) in [7, 11) is 0. The second-order valence-electron chi connectivity index (χ2n) is 7.95. The molecule has 2 amide bonds. The molecule has 0 saturated heterocycles. The Morgan fingerprint density at radius 3 is 1.91 bits per heavy atom. The van der Waals surface area contributed by atoms with Crippen molar-refractivity contribution in [2.45, 2.75) is 37.5 Å². The number of rotatable bonds is 11. The van der Waals surface area contributed by atoms with Crippen molar-refractivity contribution in [1.82, 2.24) is 10.6 Å². The molecule has 3 aromatic carbocycles. The normalized spacial score (nSPS) is 13.3. The minimum absolute atomic E-state index is 0.203. The van der Waals surface area contributed by atoms with Crippen LogP contribution in [0.3, 0.4) is 0 Å². The molecule has 0 aromatic heterocycles. The van der Waals surface area contributed by atoms with Crippen LogP contribution in [0.25, 0.3) is 0 Å². The number of amides is 2. The molecule has 176 valence electrons. The quantitative estimate of drug-likeness (QED) is 0.351. The van der Waals surface area contributed by atoms with Gasteiger partial charge in [-0.1, -0.05) is 78.9 Å². The van der Waals surface area contributed by atoms with Crippen LogP contribution >= 0.6 is 0 Å². The van der Waals surface area contributed by atoms with E-state index in [0.717, 1.165) is 5.56 Å². The van der Waals surface area contributed by atoms with E-state index in [-0.39, 0.29) is 6.42 Å². The van der Waals surface area contributed by atoms with E-state index in [4.69, 9.17) is 0 Å². The van der Waals surface area contributed by atoms with Crippen LogP contribution in [0.1, 0.15) is 40.4 Å². The fraction of sp³-hybridized carbons (Fsp3) is 0.222. The highest BCUT2D eigenvalue weighted by Gasteiger charge is 2.32. The molecule has 0 unspecified atom stereocenters. The molecule has 0 aliphatic heterocycles. The van der Waals surface area contributed by atoms with E-state index in [1.165, 1.54) is 0 Å². The Hall–Kier alpha value is -3.97. The molecule has 0 aliphatic carbocycles. The van der Waals surface area contributed by atoms with Gasteiger partial charge in [0, 0.05) is 5.56 Å². The molecule has 3 rings (SSSR count). The predicted octanol–water partition coefficient (Wildman–Crippen LogP) is 3.11. The van der Waals surface area contributed by atoms with E-state index in [1.54, 1.807) is 60.7 Å². The number of aliphatic hydroxyl groups excluding tert-OH is 1. The predicted molar refractivity (Wildman–Crippen MR) is 128 cm³/mol. The van der Waals surface area contributed by atoms with Gasteiger partial charge in [-0.25, -0.2) is 4.79 Å². The smallest absolute Gasteiger partial charge is 0.326 e. The van der Waals surface area contributed by atoms with Gasteiger partial charge < -0.3 is 20.8 Å². The van der Waals surface area contributed by atoms with Gasteiger partial charge in [0.05, 0.1) is 6.04 Å². The maximum atomic E-state index is 12.8. The van der Waals surface area contributed by atoms with E-state index >= 15 is 0 Å². The fourth-order valence-corrected chi connectivity index (χ4v) is 3.64. The lowest BCUT2D eigenvalue weighted by Crippen LogP contribution is -2.50. The molecule has 7 heteroatoms. The molecule has 0 radical (unpaired) electrons. The molecule has 0 saturated carbocycles. The van der Waals surface area contributed by atoms with Crippen molar-refractivity contribution in [2.24, 2.45) is 0 Å². The number of nitrogens with one attached hydrogen (secondary N) is 2. The molecule has 34 heavy (non-hydrogen) atoms. The zero-order valence-electron chi connectivity index (χ0n) is 18.6. The van der Waals surface area contributed by atoms with Crippen LogP contribution in [-0.4, -0.2) is 40.1 Å². The Kier molecular flexibility index (Phi) is 8.94. The third-order valence-electron chi connectivity index (χ3n) is 5.48. The Bertz CT molecular complexity index is 1070. The van der Waals surface area contributed by atoms with E-state index in [0.29, 0.717) is 24.0 Å². The number of carbonyl (C=O) groups is 3. The summed E-state index contributed by atoms with van der Waals surface area (Å²) in [6.45, 7) is 0. The number of hydrogen-bond donors (Lipinski definition) is 4. The molecule has 3 atom stereocenters. The largest absolute Gasteiger partial charge is 0.480 e. The highest BCUT2D eigenvalue weighted by molar-refractivity contribution is 5.95. The van der Waals surface area contributed by atoms with Crippen LogP contribution in [0.15, 0.2) is 91.0 Å². The summed E-state index contributed by atoms with van der Waals surface area (Å²) in [5.41, 5.74) is 1.97. The van der Waals surface area contributed by atoms with Gasteiger partial charge in [-0.15, -0.1) is 0 Å². The lowest BCUT2D eigenvalue weighted by molar-refractivity contribution is -0.144. The van der Waals surface area contributed by atoms with Gasteiger partial charge in [0.2, 0.25) is 0 Å². The second-order valence-corrected chi connectivity index (χ2v) is 7.95. The maximum absolute atomic E-state index is 12.8. The van der Waals surface area contributed by atoms with Gasteiger partial charge in [0.15, 0.2) is 6.10 Å².